The van der Waals surface area contributed by atoms with E-state index in [0.717, 1.165) is 0 Å². The fourth-order valence-corrected chi connectivity index (χ4v) is 4.10. The van der Waals surface area contributed by atoms with Gasteiger partial charge in [0.25, 0.3) is 11.8 Å². The van der Waals surface area contributed by atoms with E-state index in [9.17, 15) is 9.59 Å². The summed E-state index contributed by atoms with van der Waals surface area (Å²) in [6.07, 6.45) is 3.43. The molecule has 2 N–H and O–H groups in total. The summed E-state index contributed by atoms with van der Waals surface area (Å²) in [6.45, 7) is 3.82. The van der Waals surface area contributed by atoms with Crippen molar-refractivity contribution in [2.24, 2.45) is 7.05 Å². The Labute approximate surface area is 219 Å². The number of anilines is 2. The van der Waals surface area contributed by atoms with Crippen LogP contribution in [0.3, 0.4) is 0 Å². The van der Waals surface area contributed by atoms with E-state index < -0.39 is 0 Å². The molecule has 0 bridgehead atoms. The molecule has 1 aromatic heterocycles. The number of aromatic nitrogens is 2. The van der Waals surface area contributed by atoms with Crippen LogP contribution in [0.4, 0.5) is 11.4 Å². The number of hydrogen-bond acceptors (Lipinski definition) is 7. The molecule has 1 aliphatic heterocycles. The highest BCUT2D eigenvalue weighted by Crippen LogP contribution is 2.31. The SMILES string of the molecule is CCOc1cc(/C=C2/NC(=S)N(c3cn(C)nc3C)C2=O)ccc1OCC(=O)Nc1ccccc1OC. The summed E-state index contributed by atoms with van der Waals surface area (Å²) in [7, 11) is 3.32. The van der Waals surface area contributed by atoms with Crippen molar-refractivity contribution < 1.29 is 23.8 Å². The van der Waals surface area contributed by atoms with Crippen LogP contribution < -0.4 is 29.7 Å². The normalized spacial score (nSPS) is 14.1. The number of para-hydroxylation sites is 2. The van der Waals surface area contributed by atoms with Gasteiger partial charge in [-0.05, 0) is 62.0 Å². The lowest BCUT2D eigenvalue weighted by molar-refractivity contribution is -0.118. The molecule has 1 fully saturated rings. The maximum absolute atomic E-state index is 13.1. The Kier molecular flexibility index (Phi) is 7.73. The number of ether oxygens (including phenoxy) is 3. The molecule has 0 radical (unpaired) electrons. The number of hydrogen-bond donors (Lipinski definition) is 2. The highest BCUT2D eigenvalue weighted by molar-refractivity contribution is 7.80. The molecular formula is C26H27N5O5S. The maximum Gasteiger partial charge on any atom is 0.281 e. The molecule has 0 saturated carbocycles. The fourth-order valence-electron chi connectivity index (χ4n) is 3.81. The van der Waals surface area contributed by atoms with Gasteiger partial charge in [-0.25, -0.2) is 4.90 Å². The van der Waals surface area contributed by atoms with Gasteiger partial charge in [-0.3, -0.25) is 14.3 Å². The summed E-state index contributed by atoms with van der Waals surface area (Å²) < 4.78 is 18.3. The molecule has 3 aromatic rings. The molecule has 0 atom stereocenters. The lowest BCUT2D eigenvalue weighted by Gasteiger charge is -2.14. The van der Waals surface area contributed by atoms with E-state index >= 15 is 0 Å². The Hall–Kier alpha value is -4.38. The standard InChI is InChI=1S/C26H27N5O5S/c1-5-35-23-13-17(12-19-25(33)31(26(37)28-19)20-14-30(3)29-16(20)2)10-11-22(23)36-15-24(32)27-18-8-6-7-9-21(18)34-4/h6-14H,5,15H2,1-4H3,(H,27,32)(H,28,37)/b19-12+. The second kappa shape index (κ2) is 11.1. The van der Waals surface area contributed by atoms with E-state index in [1.54, 1.807) is 60.4 Å². The third-order valence-electron chi connectivity index (χ3n) is 5.43. The first-order chi connectivity index (χ1) is 17.8. The van der Waals surface area contributed by atoms with E-state index in [-0.39, 0.29) is 23.5 Å². The number of nitrogens with zero attached hydrogens (tertiary/aromatic N) is 3. The Bertz CT molecular complexity index is 1380. The molecule has 2 amide bonds. The smallest absolute Gasteiger partial charge is 0.281 e. The minimum atomic E-state index is -0.349. The van der Waals surface area contributed by atoms with Crippen molar-refractivity contribution >= 4 is 46.6 Å². The number of thiocarbonyl (C=S) groups is 1. The average molecular weight is 522 g/mol. The molecule has 1 aliphatic rings. The quantitative estimate of drug-likeness (QED) is 0.326. The molecule has 2 heterocycles. The van der Waals surface area contributed by atoms with Gasteiger partial charge < -0.3 is 24.8 Å². The molecule has 10 nitrogen and oxygen atoms in total. The molecule has 37 heavy (non-hydrogen) atoms. The monoisotopic (exact) mass is 521 g/mol. The predicted molar refractivity (Wildman–Crippen MR) is 144 cm³/mol. The molecule has 11 heteroatoms. The highest BCUT2D eigenvalue weighted by Gasteiger charge is 2.34. The number of rotatable bonds is 9. The van der Waals surface area contributed by atoms with Crippen molar-refractivity contribution in [3.05, 3.63) is 65.6 Å². The van der Waals surface area contributed by atoms with Gasteiger partial charge in [0.15, 0.2) is 23.2 Å². The zero-order valence-corrected chi connectivity index (χ0v) is 21.7. The lowest BCUT2D eigenvalue weighted by atomic mass is 10.1. The summed E-state index contributed by atoms with van der Waals surface area (Å²) in [5, 5.41) is 10.3. The van der Waals surface area contributed by atoms with Gasteiger partial charge in [0.1, 0.15) is 11.4 Å². The van der Waals surface area contributed by atoms with E-state index in [0.29, 0.717) is 52.2 Å². The minimum Gasteiger partial charge on any atom is -0.495 e. The van der Waals surface area contributed by atoms with Crippen LogP contribution in [0.25, 0.3) is 6.08 Å². The number of methoxy groups -OCH3 is 1. The molecule has 0 spiro atoms. The van der Waals surface area contributed by atoms with Gasteiger partial charge >= 0.3 is 0 Å². The minimum absolute atomic E-state index is 0.230. The zero-order valence-electron chi connectivity index (χ0n) is 20.9. The number of nitrogens with one attached hydrogen (secondary N) is 2. The average Bonchev–Trinajstić information content (AvgIpc) is 3.34. The summed E-state index contributed by atoms with van der Waals surface area (Å²) in [6, 6.07) is 12.3. The summed E-state index contributed by atoms with van der Waals surface area (Å²) in [4.78, 5) is 27.0. The van der Waals surface area contributed by atoms with Crippen LogP contribution >= 0.6 is 12.2 Å². The Morgan fingerprint density at radius 2 is 1.95 bits per heavy atom. The van der Waals surface area contributed by atoms with Crippen LogP contribution in [0.2, 0.25) is 0 Å². The van der Waals surface area contributed by atoms with Crippen molar-refractivity contribution in [1.29, 1.82) is 0 Å². The van der Waals surface area contributed by atoms with Gasteiger partial charge in [0.05, 0.1) is 30.8 Å². The first-order valence-electron chi connectivity index (χ1n) is 11.5. The van der Waals surface area contributed by atoms with Crippen molar-refractivity contribution in [3.63, 3.8) is 0 Å². The van der Waals surface area contributed by atoms with E-state index in [2.05, 4.69) is 15.7 Å². The van der Waals surface area contributed by atoms with Crippen LogP contribution in [0.1, 0.15) is 18.2 Å². The van der Waals surface area contributed by atoms with Crippen LogP contribution in [-0.2, 0) is 16.6 Å². The largest absolute Gasteiger partial charge is 0.495 e. The van der Waals surface area contributed by atoms with E-state index in [1.807, 2.05) is 19.9 Å². The first-order valence-corrected chi connectivity index (χ1v) is 11.9. The number of aryl methyl sites for hydroxylation is 2. The second-order valence-corrected chi connectivity index (χ2v) is 8.47. The van der Waals surface area contributed by atoms with E-state index in [4.69, 9.17) is 26.4 Å². The zero-order chi connectivity index (χ0) is 26.5. The molecule has 4 rings (SSSR count). The van der Waals surface area contributed by atoms with Crippen molar-refractivity contribution in [2.75, 3.05) is 30.5 Å². The van der Waals surface area contributed by atoms with Crippen molar-refractivity contribution in [1.82, 2.24) is 15.1 Å². The van der Waals surface area contributed by atoms with Gasteiger partial charge in [-0.2, -0.15) is 5.10 Å². The Morgan fingerprint density at radius 1 is 1.16 bits per heavy atom. The number of carbonyl (C=O) groups excluding carboxylic acids is 2. The lowest BCUT2D eigenvalue weighted by Crippen LogP contribution is -2.30. The summed E-state index contributed by atoms with van der Waals surface area (Å²) >= 11 is 5.40. The third-order valence-corrected chi connectivity index (χ3v) is 5.71. The Balaban J connectivity index is 1.48. The van der Waals surface area contributed by atoms with E-state index in [1.165, 1.54) is 12.0 Å². The topological polar surface area (TPSA) is 107 Å². The van der Waals surface area contributed by atoms with Crippen molar-refractivity contribution in [3.8, 4) is 17.2 Å². The molecule has 0 aliphatic carbocycles. The van der Waals surface area contributed by atoms with Gasteiger partial charge in [0, 0.05) is 13.2 Å². The van der Waals surface area contributed by atoms with Gasteiger partial charge in [-0.15, -0.1) is 0 Å². The molecular weight excluding hydrogens is 494 g/mol. The first kappa shape index (κ1) is 25.7. The number of amides is 2. The molecule has 2 aromatic carbocycles. The van der Waals surface area contributed by atoms with Crippen molar-refractivity contribution in [2.45, 2.75) is 13.8 Å². The van der Waals surface area contributed by atoms with Gasteiger partial charge in [0.2, 0.25) is 0 Å². The molecule has 0 unspecified atom stereocenters. The number of carbonyl (C=O) groups is 2. The van der Waals surface area contributed by atoms with Crippen LogP contribution in [0, 0.1) is 6.92 Å². The third kappa shape index (κ3) is 5.72. The van der Waals surface area contributed by atoms with Crippen LogP contribution in [-0.4, -0.2) is 47.0 Å². The number of benzene rings is 2. The maximum atomic E-state index is 13.1. The Morgan fingerprint density at radius 3 is 2.65 bits per heavy atom. The predicted octanol–water partition coefficient (Wildman–Crippen LogP) is 3.42. The summed E-state index contributed by atoms with van der Waals surface area (Å²) in [5.74, 6) is 0.753. The van der Waals surface area contributed by atoms with Gasteiger partial charge in [-0.1, -0.05) is 18.2 Å². The fraction of sp³-hybridized carbons (Fsp3) is 0.231. The molecule has 1 saturated heterocycles. The summed E-state index contributed by atoms with van der Waals surface area (Å²) in [5.41, 5.74) is 2.88. The molecule has 192 valence electrons. The van der Waals surface area contributed by atoms with Crippen LogP contribution in [0.5, 0.6) is 17.2 Å². The highest BCUT2D eigenvalue weighted by atomic mass is 32.1. The van der Waals surface area contributed by atoms with Crippen LogP contribution in [0.15, 0.2) is 54.4 Å². The second-order valence-electron chi connectivity index (χ2n) is 8.08.